The van der Waals surface area contributed by atoms with Gasteiger partial charge in [-0.25, -0.2) is 9.78 Å². The van der Waals surface area contributed by atoms with Crippen LogP contribution in [0.1, 0.15) is 35.7 Å². The number of carbonyl (C=O) groups is 2. The summed E-state index contributed by atoms with van der Waals surface area (Å²) in [5, 5.41) is 0.212. The molecule has 1 aliphatic heterocycles. The van der Waals surface area contributed by atoms with Gasteiger partial charge in [0, 0.05) is 18.9 Å². The minimum Gasteiger partial charge on any atom is -0.504 e. The normalized spacial score (nSPS) is 16.5. The van der Waals surface area contributed by atoms with E-state index in [0.29, 0.717) is 17.9 Å². The number of rotatable bonds is 7. The third-order valence-electron chi connectivity index (χ3n) is 5.79. The number of ether oxygens (including phenoxy) is 3. The fourth-order valence-corrected chi connectivity index (χ4v) is 4.14. The van der Waals surface area contributed by atoms with E-state index in [-0.39, 0.29) is 41.3 Å². The first-order valence-corrected chi connectivity index (χ1v) is 11.7. The van der Waals surface area contributed by atoms with Crippen molar-refractivity contribution in [3.8, 4) is 0 Å². The van der Waals surface area contributed by atoms with E-state index in [2.05, 4.69) is 4.99 Å². The Morgan fingerprint density at radius 3 is 2.86 bits per heavy atom. The van der Waals surface area contributed by atoms with E-state index < -0.39 is 11.9 Å². The number of nitrogens with zero attached hydrogens (tertiary/aromatic N) is 4. The first kappa shape index (κ1) is 25.1. The lowest BCUT2D eigenvalue weighted by Gasteiger charge is -2.18. The number of aromatic nitrogens is 3. The molecule has 36 heavy (non-hydrogen) atoms. The third-order valence-corrected chi connectivity index (χ3v) is 5.79. The summed E-state index contributed by atoms with van der Waals surface area (Å²) in [5.41, 5.74) is 1.31. The van der Waals surface area contributed by atoms with Gasteiger partial charge in [-0.3, -0.25) is 14.0 Å². The van der Waals surface area contributed by atoms with Crippen molar-refractivity contribution in [3.63, 3.8) is 0 Å². The Bertz CT molecular complexity index is 1490. The molecule has 0 aliphatic carbocycles. The second kappa shape index (κ2) is 11.1. The van der Waals surface area contributed by atoms with Crippen LogP contribution in [0.5, 0.6) is 0 Å². The van der Waals surface area contributed by atoms with E-state index in [1.54, 1.807) is 23.8 Å². The average molecular weight is 493 g/mol. The molecule has 1 unspecified atom stereocenters. The molecule has 0 radical (unpaired) electrons. The molecular weight excluding hydrogens is 464 g/mol. The lowest BCUT2D eigenvalue weighted by Crippen LogP contribution is -2.35. The summed E-state index contributed by atoms with van der Waals surface area (Å²) >= 11 is 0. The molecule has 1 fully saturated rings. The third kappa shape index (κ3) is 5.13. The van der Waals surface area contributed by atoms with Gasteiger partial charge >= 0.3 is 5.97 Å². The maximum atomic E-state index is 13.5. The summed E-state index contributed by atoms with van der Waals surface area (Å²) < 4.78 is 19.0. The molecular formula is C26H28N4O6. The number of fused-ring (bicyclic) bond motifs is 2. The number of esters is 1. The fraction of sp³-hybridized carbons (Fsp3) is 0.346. The van der Waals surface area contributed by atoms with Crippen LogP contribution in [-0.4, -0.2) is 52.3 Å². The zero-order valence-corrected chi connectivity index (χ0v) is 20.5. The van der Waals surface area contributed by atoms with Crippen molar-refractivity contribution in [1.82, 2.24) is 14.0 Å². The maximum absolute atomic E-state index is 13.5. The number of carbonyl (C=O) groups excluding carboxylic acids is 2. The molecule has 0 aromatic carbocycles. The van der Waals surface area contributed by atoms with Crippen LogP contribution in [0.3, 0.4) is 0 Å². The van der Waals surface area contributed by atoms with E-state index >= 15 is 0 Å². The van der Waals surface area contributed by atoms with Crippen molar-refractivity contribution in [2.45, 2.75) is 39.3 Å². The topological polar surface area (TPSA) is 113 Å². The number of hydrogen-bond acceptors (Lipinski definition) is 7. The number of aryl methyl sites for hydroxylation is 1. The predicted octanol–water partition coefficient (Wildman–Crippen LogP) is 2.46. The largest absolute Gasteiger partial charge is 0.504 e. The van der Waals surface area contributed by atoms with Gasteiger partial charge in [-0.2, -0.15) is 4.99 Å². The molecule has 0 saturated carbocycles. The molecule has 0 bridgehead atoms. The Balaban J connectivity index is 2.07. The Labute approximate surface area is 207 Å². The van der Waals surface area contributed by atoms with Crippen molar-refractivity contribution in [3.05, 3.63) is 75.9 Å². The van der Waals surface area contributed by atoms with Crippen molar-refractivity contribution in [2.24, 2.45) is 4.99 Å². The van der Waals surface area contributed by atoms with Crippen LogP contribution in [0.2, 0.25) is 0 Å². The van der Waals surface area contributed by atoms with Crippen molar-refractivity contribution >= 4 is 28.6 Å². The lowest BCUT2D eigenvalue weighted by molar-refractivity contribution is -0.113. The number of amides is 1. The SMILES string of the molecule is CCOC(=O)c1cc2c(=O)n3cccc(C)c3nc2n(CC2CCCO2)c1=NC(=O)/C=C/C=C\OC. The number of pyridine rings is 2. The summed E-state index contributed by atoms with van der Waals surface area (Å²) in [4.78, 5) is 48.3. The molecule has 0 N–H and O–H groups in total. The summed E-state index contributed by atoms with van der Waals surface area (Å²) in [6.07, 6.45) is 8.80. The van der Waals surface area contributed by atoms with E-state index in [9.17, 15) is 14.4 Å². The molecule has 4 rings (SSSR count). The van der Waals surface area contributed by atoms with E-state index in [0.717, 1.165) is 18.4 Å². The van der Waals surface area contributed by atoms with Gasteiger partial charge < -0.3 is 18.8 Å². The highest BCUT2D eigenvalue weighted by atomic mass is 16.5. The van der Waals surface area contributed by atoms with Gasteiger partial charge in [-0.05, 0) is 50.5 Å². The zero-order chi connectivity index (χ0) is 25.7. The number of hydrogen-bond donors (Lipinski definition) is 0. The standard InChI is InChI=1S/C26H28N4O6/c1-4-35-26(33)20-15-19-23(28-22-17(2)9-7-12-29(22)25(19)32)30(16-18-10-8-14-36-18)24(20)27-21(31)11-5-6-13-34-3/h5-7,9,11-13,15,18H,4,8,10,14,16H2,1-3H3/b11-5+,13-6-,27-24?. The summed E-state index contributed by atoms with van der Waals surface area (Å²) in [6.45, 7) is 4.53. The molecule has 1 amide bonds. The molecule has 1 saturated heterocycles. The minimum atomic E-state index is -0.691. The molecule has 1 atom stereocenters. The number of allylic oxidation sites excluding steroid dienone is 2. The molecule has 188 valence electrons. The Morgan fingerprint density at radius 1 is 1.31 bits per heavy atom. The van der Waals surface area contributed by atoms with Crippen molar-refractivity contribution < 1.29 is 23.8 Å². The lowest BCUT2D eigenvalue weighted by atomic mass is 10.1. The van der Waals surface area contributed by atoms with Crippen molar-refractivity contribution in [2.75, 3.05) is 20.3 Å². The van der Waals surface area contributed by atoms with Crippen LogP contribution >= 0.6 is 0 Å². The van der Waals surface area contributed by atoms with Gasteiger partial charge in [-0.15, -0.1) is 0 Å². The maximum Gasteiger partial charge on any atom is 0.341 e. The molecule has 3 aromatic heterocycles. The van der Waals surface area contributed by atoms with Gasteiger partial charge in [0.05, 0.1) is 38.0 Å². The molecule has 10 heteroatoms. The molecule has 3 aromatic rings. The monoisotopic (exact) mass is 492 g/mol. The van der Waals surface area contributed by atoms with Gasteiger partial charge in [-0.1, -0.05) is 12.1 Å². The molecule has 4 heterocycles. The smallest absolute Gasteiger partial charge is 0.341 e. The van der Waals surface area contributed by atoms with Gasteiger partial charge in [0.15, 0.2) is 5.49 Å². The van der Waals surface area contributed by atoms with Crippen molar-refractivity contribution in [1.29, 1.82) is 0 Å². The minimum absolute atomic E-state index is 0.00281. The van der Waals surface area contributed by atoms with E-state index in [1.807, 2.05) is 13.0 Å². The van der Waals surface area contributed by atoms with Crippen LogP contribution in [0, 0.1) is 6.92 Å². The second-order valence-corrected chi connectivity index (χ2v) is 8.26. The van der Waals surface area contributed by atoms with Gasteiger partial charge in [0.25, 0.3) is 11.5 Å². The fourth-order valence-electron chi connectivity index (χ4n) is 4.14. The van der Waals surface area contributed by atoms with Crippen LogP contribution in [0.15, 0.2) is 58.7 Å². The first-order chi connectivity index (χ1) is 17.4. The molecule has 1 aliphatic rings. The average Bonchev–Trinajstić information content (AvgIpc) is 3.37. The Hall–Kier alpha value is -4.05. The van der Waals surface area contributed by atoms with Gasteiger partial charge in [0.1, 0.15) is 16.9 Å². The number of methoxy groups -OCH3 is 1. The van der Waals surface area contributed by atoms with Gasteiger partial charge in [0.2, 0.25) is 0 Å². The highest BCUT2D eigenvalue weighted by molar-refractivity contribution is 5.94. The summed E-state index contributed by atoms with van der Waals surface area (Å²) in [7, 11) is 1.49. The summed E-state index contributed by atoms with van der Waals surface area (Å²) in [6, 6.07) is 5.03. The molecule has 10 nitrogen and oxygen atoms in total. The van der Waals surface area contributed by atoms with E-state index in [1.165, 1.54) is 42.1 Å². The van der Waals surface area contributed by atoms with Crippen LogP contribution in [0.4, 0.5) is 0 Å². The first-order valence-electron chi connectivity index (χ1n) is 11.7. The second-order valence-electron chi connectivity index (χ2n) is 8.26. The van der Waals surface area contributed by atoms with Crippen LogP contribution < -0.4 is 11.0 Å². The van der Waals surface area contributed by atoms with Crippen LogP contribution in [-0.2, 0) is 25.5 Å². The summed E-state index contributed by atoms with van der Waals surface area (Å²) in [5.74, 6) is -1.29. The molecule has 0 spiro atoms. The zero-order valence-electron chi connectivity index (χ0n) is 20.5. The predicted molar refractivity (Wildman–Crippen MR) is 132 cm³/mol. The Kier molecular flexibility index (Phi) is 7.74. The van der Waals surface area contributed by atoms with E-state index in [4.69, 9.17) is 19.2 Å². The quantitative estimate of drug-likeness (QED) is 0.164. The Morgan fingerprint density at radius 2 is 2.14 bits per heavy atom. The van der Waals surface area contributed by atoms with Crippen LogP contribution in [0.25, 0.3) is 16.7 Å². The highest BCUT2D eigenvalue weighted by Crippen LogP contribution is 2.18. The highest BCUT2D eigenvalue weighted by Gasteiger charge is 2.23.